The predicted molar refractivity (Wildman–Crippen MR) is 80.9 cm³/mol. The Balaban J connectivity index is 1.91. The molecule has 1 aliphatic rings. The second-order valence-electron chi connectivity index (χ2n) is 4.78. The van der Waals surface area contributed by atoms with E-state index in [1.54, 1.807) is 0 Å². The van der Waals surface area contributed by atoms with Gasteiger partial charge in [-0.15, -0.1) is 0 Å². The van der Waals surface area contributed by atoms with Crippen LogP contribution in [0.15, 0.2) is 42.5 Å². The second-order valence-corrected chi connectivity index (χ2v) is 5.63. The van der Waals surface area contributed by atoms with Crippen molar-refractivity contribution in [3.63, 3.8) is 0 Å². The van der Waals surface area contributed by atoms with E-state index >= 15 is 0 Å². The number of nitrogens with zero attached hydrogens (tertiary/aromatic N) is 1. The number of hydrogen-bond acceptors (Lipinski definition) is 2. The van der Waals surface area contributed by atoms with Crippen LogP contribution in [-0.2, 0) is 6.54 Å². The molecule has 0 unspecified atom stereocenters. The molecule has 2 nitrogen and oxygen atoms in total. The van der Waals surface area contributed by atoms with Gasteiger partial charge in [0.15, 0.2) is 0 Å². The average Bonchev–Trinajstić information content (AvgIpc) is 2.69. The fourth-order valence-electron chi connectivity index (χ4n) is 2.53. The Kier molecular flexibility index (Phi) is 3.40. The smallest absolute Gasteiger partial charge is 0.0494 e. The van der Waals surface area contributed by atoms with Crippen LogP contribution in [-0.4, -0.2) is 6.54 Å². The van der Waals surface area contributed by atoms with Crippen LogP contribution in [0.4, 0.5) is 5.69 Å². The molecule has 1 atom stereocenters. The van der Waals surface area contributed by atoms with Gasteiger partial charge in [-0.2, -0.15) is 0 Å². The zero-order chi connectivity index (χ0) is 13.4. The zero-order valence-electron chi connectivity index (χ0n) is 10.3. The highest BCUT2D eigenvalue weighted by Gasteiger charge is 2.26. The predicted octanol–water partition coefficient (Wildman–Crippen LogP) is 4.01. The monoisotopic (exact) mass is 292 g/mol. The summed E-state index contributed by atoms with van der Waals surface area (Å²) in [5.74, 6) is 0. The van der Waals surface area contributed by atoms with Crippen LogP contribution in [0.3, 0.4) is 0 Å². The molecule has 0 aliphatic carbocycles. The van der Waals surface area contributed by atoms with Crippen LogP contribution in [0.5, 0.6) is 0 Å². The Hall–Kier alpha value is -1.22. The number of anilines is 1. The Morgan fingerprint density at radius 2 is 1.95 bits per heavy atom. The minimum atomic E-state index is 0.0104. The van der Waals surface area contributed by atoms with E-state index in [1.807, 2.05) is 42.5 Å². The van der Waals surface area contributed by atoms with E-state index in [0.29, 0.717) is 0 Å². The fraction of sp³-hybridized carbons (Fsp3) is 0.200. The second kappa shape index (κ2) is 5.04. The number of nitrogens with two attached hydrogens (primary N) is 1. The van der Waals surface area contributed by atoms with Gasteiger partial charge in [0.1, 0.15) is 0 Å². The molecule has 0 bridgehead atoms. The van der Waals surface area contributed by atoms with Crippen molar-refractivity contribution in [2.75, 3.05) is 11.4 Å². The SMILES string of the molecule is N[C@@H]1CN(Cc2ccccc2Cl)c2ccc(Cl)cc21. The third kappa shape index (κ3) is 2.44. The molecule has 2 N–H and O–H groups in total. The first-order chi connectivity index (χ1) is 9.15. The number of rotatable bonds is 2. The summed E-state index contributed by atoms with van der Waals surface area (Å²) in [5, 5.41) is 1.52. The molecule has 0 radical (unpaired) electrons. The Morgan fingerprint density at radius 1 is 1.16 bits per heavy atom. The van der Waals surface area contributed by atoms with Crippen molar-refractivity contribution in [2.45, 2.75) is 12.6 Å². The third-order valence-corrected chi connectivity index (χ3v) is 4.07. The average molecular weight is 293 g/mol. The van der Waals surface area contributed by atoms with Crippen molar-refractivity contribution in [2.24, 2.45) is 5.73 Å². The first-order valence-electron chi connectivity index (χ1n) is 6.18. The van der Waals surface area contributed by atoms with Crippen molar-refractivity contribution in [1.82, 2.24) is 0 Å². The van der Waals surface area contributed by atoms with E-state index in [4.69, 9.17) is 28.9 Å². The number of fused-ring (bicyclic) bond motifs is 1. The topological polar surface area (TPSA) is 29.3 Å². The Labute approximate surface area is 122 Å². The van der Waals surface area contributed by atoms with Gasteiger partial charge in [0, 0.05) is 34.9 Å². The van der Waals surface area contributed by atoms with Gasteiger partial charge in [-0.05, 0) is 35.4 Å². The van der Waals surface area contributed by atoms with Crippen molar-refractivity contribution in [3.05, 3.63) is 63.6 Å². The highest BCUT2D eigenvalue weighted by Crippen LogP contribution is 2.36. The first-order valence-corrected chi connectivity index (χ1v) is 6.94. The molecule has 19 heavy (non-hydrogen) atoms. The largest absolute Gasteiger partial charge is 0.365 e. The lowest BCUT2D eigenvalue weighted by Crippen LogP contribution is -2.24. The summed E-state index contributed by atoms with van der Waals surface area (Å²) in [7, 11) is 0. The van der Waals surface area contributed by atoms with E-state index < -0.39 is 0 Å². The van der Waals surface area contributed by atoms with Gasteiger partial charge in [-0.25, -0.2) is 0 Å². The molecule has 2 aromatic carbocycles. The minimum absolute atomic E-state index is 0.0104. The molecule has 98 valence electrons. The van der Waals surface area contributed by atoms with Crippen LogP contribution in [0.25, 0.3) is 0 Å². The summed E-state index contributed by atoms with van der Waals surface area (Å²) in [6.45, 7) is 1.56. The quantitative estimate of drug-likeness (QED) is 0.906. The number of hydrogen-bond donors (Lipinski definition) is 1. The molecule has 0 saturated heterocycles. The maximum atomic E-state index is 6.21. The van der Waals surface area contributed by atoms with Crippen LogP contribution in [0, 0.1) is 0 Å². The summed E-state index contributed by atoms with van der Waals surface area (Å²) < 4.78 is 0. The van der Waals surface area contributed by atoms with Crippen molar-refractivity contribution < 1.29 is 0 Å². The fourth-order valence-corrected chi connectivity index (χ4v) is 2.90. The van der Waals surface area contributed by atoms with Crippen molar-refractivity contribution in [1.29, 1.82) is 0 Å². The first kappa shape index (κ1) is 12.8. The third-order valence-electron chi connectivity index (χ3n) is 3.47. The molecule has 3 rings (SSSR count). The summed E-state index contributed by atoms with van der Waals surface area (Å²) in [4.78, 5) is 2.25. The van der Waals surface area contributed by atoms with Crippen LogP contribution >= 0.6 is 23.2 Å². The lowest BCUT2D eigenvalue weighted by Gasteiger charge is -2.20. The molecule has 0 amide bonds. The van der Waals surface area contributed by atoms with Crippen LogP contribution < -0.4 is 10.6 Å². The minimum Gasteiger partial charge on any atom is -0.365 e. The van der Waals surface area contributed by atoms with E-state index in [0.717, 1.165) is 39.9 Å². The van der Waals surface area contributed by atoms with Gasteiger partial charge in [-0.1, -0.05) is 41.4 Å². The number of halogens is 2. The molecule has 0 saturated carbocycles. The van der Waals surface area contributed by atoms with Crippen LogP contribution in [0.2, 0.25) is 10.0 Å². The van der Waals surface area contributed by atoms with Gasteiger partial charge in [0.2, 0.25) is 0 Å². The Morgan fingerprint density at radius 3 is 2.74 bits per heavy atom. The van der Waals surface area contributed by atoms with Crippen molar-refractivity contribution >= 4 is 28.9 Å². The van der Waals surface area contributed by atoms with Gasteiger partial charge < -0.3 is 10.6 Å². The van der Waals surface area contributed by atoms with E-state index in [2.05, 4.69) is 4.90 Å². The molecule has 4 heteroatoms. The normalized spacial score (nSPS) is 17.6. The summed E-state index contributed by atoms with van der Waals surface area (Å²) in [5.41, 5.74) is 9.53. The van der Waals surface area contributed by atoms with Crippen molar-refractivity contribution in [3.8, 4) is 0 Å². The lowest BCUT2D eigenvalue weighted by atomic mass is 10.1. The maximum Gasteiger partial charge on any atom is 0.0494 e. The van der Waals surface area contributed by atoms with Gasteiger partial charge in [-0.3, -0.25) is 0 Å². The maximum absolute atomic E-state index is 6.21. The van der Waals surface area contributed by atoms with Gasteiger partial charge in [0.25, 0.3) is 0 Å². The number of benzene rings is 2. The van der Waals surface area contributed by atoms with E-state index in [9.17, 15) is 0 Å². The summed E-state index contributed by atoms with van der Waals surface area (Å²) in [6.07, 6.45) is 0. The summed E-state index contributed by atoms with van der Waals surface area (Å²) in [6, 6.07) is 13.8. The molecule has 2 aromatic rings. The molecular formula is C15H14Cl2N2. The Bertz CT molecular complexity index is 613. The lowest BCUT2D eigenvalue weighted by molar-refractivity contribution is 0.720. The van der Waals surface area contributed by atoms with Gasteiger partial charge in [0.05, 0.1) is 0 Å². The highest BCUT2D eigenvalue weighted by atomic mass is 35.5. The molecule has 0 aromatic heterocycles. The summed E-state index contributed by atoms with van der Waals surface area (Å²) >= 11 is 12.2. The zero-order valence-corrected chi connectivity index (χ0v) is 11.8. The van der Waals surface area contributed by atoms with Gasteiger partial charge >= 0.3 is 0 Å². The van der Waals surface area contributed by atoms with Crippen LogP contribution in [0.1, 0.15) is 17.2 Å². The molecule has 1 aliphatic heterocycles. The van der Waals surface area contributed by atoms with E-state index in [1.165, 1.54) is 0 Å². The molecular weight excluding hydrogens is 279 g/mol. The van der Waals surface area contributed by atoms with E-state index in [-0.39, 0.29) is 6.04 Å². The molecule has 1 heterocycles. The highest BCUT2D eigenvalue weighted by molar-refractivity contribution is 6.31. The molecule has 0 fully saturated rings. The standard InChI is InChI=1S/C15H14Cl2N2/c16-11-5-6-15-12(7-11)14(18)9-19(15)8-10-3-1-2-4-13(10)17/h1-7,14H,8-9,18H2/t14-/m1/s1. The molecule has 0 spiro atoms.